The van der Waals surface area contributed by atoms with Crippen molar-refractivity contribution < 1.29 is 4.79 Å². The fourth-order valence-corrected chi connectivity index (χ4v) is 4.40. The summed E-state index contributed by atoms with van der Waals surface area (Å²) < 4.78 is 0. The molecule has 2 nitrogen and oxygen atoms in total. The summed E-state index contributed by atoms with van der Waals surface area (Å²) in [6.45, 7) is 1.07. The van der Waals surface area contributed by atoms with Crippen molar-refractivity contribution in [3.05, 3.63) is 47.2 Å². The number of benzene rings is 1. The summed E-state index contributed by atoms with van der Waals surface area (Å²) in [6.07, 6.45) is 11.6. The summed E-state index contributed by atoms with van der Waals surface area (Å²) in [5.74, 6) is 0.914. The van der Waals surface area contributed by atoms with Crippen LogP contribution in [-0.2, 0) is 11.2 Å². The quantitative estimate of drug-likeness (QED) is 0.757. The van der Waals surface area contributed by atoms with E-state index in [-0.39, 0.29) is 0 Å². The number of carbonyl (C=O) groups excluding carboxylic acids is 1. The Kier molecular flexibility index (Phi) is 3.61. The molecule has 3 heteroatoms. The van der Waals surface area contributed by atoms with Crippen molar-refractivity contribution in [3.63, 3.8) is 0 Å². The van der Waals surface area contributed by atoms with Gasteiger partial charge in [-0.3, -0.25) is 4.79 Å². The molecule has 1 aromatic rings. The van der Waals surface area contributed by atoms with Gasteiger partial charge in [0.1, 0.15) is 0 Å². The Balaban J connectivity index is 1.66. The molecule has 1 aliphatic heterocycles. The van der Waals surface area contributed by atoms with E-state index in [2.05, 4.69) is 35.4 Å². The standard InChI is InChI=1S/C19H21NOS/c1-22-18-6-7-19-14(12-18)8-9-20(19)16-4-2-13-3-5-17(21)11-15(13)10-16/h6-7,10-13H,2-5,8-9H2,1H3. The number of hydrogen-bond acceptors (Lipinski definition) is 3. The lowest BCUT2D eigenvalue weighted by Crippen LogP contribution is -2.25. The maximum atomic E-state index is 11.7. The first-order valence-corrected chi connectivity index (χ1v) is 9.36. The Morgan fingerprint density at radius 1 is 1.14 bits per heavy atom. The molecule has 0 bridgehead atoms. The van der Waals surface area contributed by atoms with Gasteiger partial charge in [-0.25, -0.2) is 0 Å². The molecular formula is C19H21NOS. The molecule has 0 N–H and O–H groups in total. The minimum atomic E-state index is 0.301. The number of allylic oxidation sites excluding steroid dienone is 4. The van der Waals surface area contributed by atoms with Crippen LogP contribution in [0.2, 0.25) is 0 Å². The lowest BCUT2D eigenvalue weighted by molar-refractivity contribution is -0.115. The van der Waals surface area contributed by atoms with Crippen molar-refractivity contribution in [3.8, 4) is 0 Å². The molecule has 1 aromatic carbocycles. The van der Waals surface area contributed by atoms with E-state index in [1.54, 1.807) is 0 Å². The van der Waals surface area contributed by atoms with Gasteiger partial charge in [-0.1, -0.05) is 0 Å². The molecule has 1 heterocycles. The molecule has 0 saturated carbocycles. The maximum absolute atomic E-state index is 11.7. The average Bonchev–Trinajstić information content (AvgIpc) is 2.97. The van der Waals surface area contributed by atoms with E-state index >= 15 is 0 Å². The van der Waals surface area contributed by atoms with Gasteiger partial charge in [0.2, 0.25) is 0 Å². The molecular weight excluding hydrogens is 290 g/mol. The van der Waals surface area contributed by atoms with Gasteiger partial charge in [0, 0.05) is 29.2 Å². The monoisotopic (exact) mass is 311 g/mol. The van der Waals surface area contributed by atoms with Gasteiger partial charge >= 0.3 is 0 Å². The third-order valence-corrected chi connectivity index (χ3v) is 5.87. The van der Waals surface area contributed by atoms with E-state index in [0.29, 0.717) is 11.7 Å². The summed E-state index contributed by atoms with van der Waals surface area (Å²) in [7, 11) is 0. The van der Waals surface area contributed by atoms with Crippen LogP contribution in [0.3, 0.4) is 0 Å². The van der Waals surface area contributed by atoms with Crippen molar-refractivity contribution in [2.75, 3.05) is 17.7 Å². The van der Waals surface area contributed by atoms with E-state index in [1.165, 1.54) is 33.8 Å². The van der Waals surface area contributed by atoms with Crippen LogP contribution in [-0.4, -0.2) is 18.6 Å². The minimum absolute atomic E-state index is 0.301. The van der Waals surface area contributed by atoms with E-state index in [0.717, 1.165) is 32.2 Å². The molecule has 0 spiro atoms. The predicted molar refractivity (Wildman–Crippen MR) is 92.4 cm³/mol. The largest absolute Gasteiger partial charge is 0.345 e. The molecule has 0 radical (unpaired) electrons. The summed E-state index contributed by atoms with van der Waals surface area (Å²) >= 11 is 1.81. The summed E-state index contributed by atoms with van der Waals surface area (Å²) in [5, 5.41) is 0. The number of anilines is 1. The Morgan fingerprint density at radius 2 is 2.00 bits per heavy atom. The third kappa shape index (κ3) is 2.41. The van der Waals surface area contributed by atoms with Crippen LogP contribution in [0.5, 0.6) is 0 Å². The molecule has 1 unspecified atom stereocenters. The van der Waals surface area contributed by atoms with Gasteiger partial charge in [0.05, 0.1) is 0 Å². The topological polar surface area (TPSA) is 20.3 Å². The molecule has 0 aromatic heterocycles. The second kappa shape index (κ2) is 5.62. The molecule has 3 aliphatic rings. The van der Waals surface area contributed by atoms with Crippen LogP contribution < -0.4 is 4.90 Å². The Hall–Kier alpha value is -1.48. The van der Waals surface area contributed by atoms with Crippen molar-refractivity contribution in [2.24, 2.45) is 5.92 Å². The van der Waals surface area contributed by atoms with Crippen molar-refractivity contribution in [2.45, 2.75) is 37.0 Å². The van der Waals surface area contributed by atoms with Gasteiger partial charge in [0.15, 0.2) is 5.78 Å². The van der Waals surface area contributed by atoms with Crippen LogP contribution in [0.25, 0.3) is 0 Å². The maximum Gasteiger partial charge on any atom is 0.155 e. The zero-order valence-corrected chi connectivity index (χ0v) is 13.8. The number of rotatable bonds is 2. The van der Waals surface area contributed by atoms with Gasteiger partial charge in [-0.2, -0.15) is 0 Å². The Labute approximate surface area is 136 Å². The number of fused-ring (bicyclic) bond motifs is 2. The highest BCUT2D eigenvalue weighted by Gasteiger charge is 2.28. The van der Waals surface area contributed by atoms with Gasteiger partial charge in [-0.15, -0.1) is 11.8 Å². The number of hydrogen-bond donors (Lipinski definition) is 0. The highest BCUT2D eigenvalue weighted by molar-refractivity contribution is 7.98. The van der Waals surface area contributed by atoms with Crippen molar-refractivity contribution in [1.29, 1.82) is 0 Å². The third-order valence-electron chi connectivity index (χ3n) is 5.15. The number of carbonyl (C=O) groups is 1. The second-order valence-electron chi connectivity index (χ2n) is 6.42. The van der Waals surface area contributed by atoms with Crippen LogP contribution in [0.1, 0.15) is 31.2 Å². The van der Waals surface area contributed by atoms with Gasteiger partial charge < -0.3 is 4.90 Å². The van der Waals surface area contributed by atoms with Crippen LogP contribution in [0, 0.1) is 5.92 Å². The van der Waals surface area contributed by atoms with Crippen molar-refractivity contribution >= 4 is 23.2 Å². The molecule has 0 saturated heterocycles. The molecule has 114 valence electrons. The second-order valence-corrected chi connectivity index (χ2v) is 7.30. The zero-order chi connectivity index (χ0) is 15.1. The zero-order valence-electron chi connectivity index (χ0n) is 13.0. The molecule has 0 amide bonds. The summed E-state index contributed by atoms with van der Waals surface area (Å²) in [4.78, 5) is 15.5. The summed E-state index contributed by atoms with van der Waals surface area (Å²) in [6, 6.07) is 6.81. The van der Waals surface area contributed by atoms with Gasteiger partial charge in [0.25, 0.3) is 0 Å². The van der Waals surface area contributed by atoms with Crippen molar-refractivity contribution in [1.82, 2.24) is 0 Å². The van der Waals surface area contributed by atoms with Crippen LogP contribution >= 0.6 is 11.8 Å². The number of nitrogens with zero attached hydrogens (tertiary/aromatic N) is 1. The smallest absolute Gasteiger partial charge is 0.155 e. The Bertz CT molecular complexity index is 689. The molecule has 1 atom stereocenters. The average molecular weight is 311 g/mol. The predicted octanol–water partition coefficient (Wildman–Crippen LogP) is 4.35. The fraction of sp³-hybridized carbons (Fsp3) is 0.421. The van der Waals surface area contributed by atoms with Crippen LogP contribution in [0.4, 0.5) is 5.69 Å². The fourth-order valence-electron chi connectivity index (χ4n) is 3.93. The molecule has 0 fully saturated rings. The summed E-state index contributed by atoms with van der Waals surface area (Å²) in [5.41, 5.74) is 5.49. The first-order valence-electron chi connectivity index (χ1n) is 8.14. The van der Waals surface area contributed by atoms with E-state index in [9.17, 15) is 4.79 Å². The highest BCUT2D eigenvalue weighted by Crippen LogP contribution is 2.40. The normalized spacial score (nSPS) is 23.8. The SMILES string of the molecule is CSc1ccc2c(c1)CCN2C1=CC2=CC(=O)CCC2CC1. The number of thioether (sulfide) groups is 1. The molecule has 2 aliphatic carbocycles. The molecule has 4 rings (SSSR count). The van der Waals surface area contributed by atoms with E-state index < -0.39 is 0 Å². The van der Waals surface area contributed by atoms with Crippen LogP contribution in [0.15, 0.2) is 46.5 Å². The van der Waals surface area contributed by atoms with Gasteiger partial charge in [-0.05, 0) is 79.3 Å². The lowest BCUT2D eigenvalue weighted by Gasteiger charge is -2.32. The first-order chi connectivity index (χ1) is 10.7. The molecule has 22 heavy (non-hydrogen) atoms. The lowest BCUT2D eigenvalue weighted by atomic mass is 9.79. The first kappa shape index (κ1) is 14.1. The van der Waals surface area contributed by atoms with E-state index in [4.69, 9.17) is 0 Å². The van der Waals surface area contributed by atoms with E-state index in [1.807, 2.05) is 17.8 Å². The number of ketones is 1. The highest BCUT2D eigenvalue weighted by atomic mass is 32.2. The Morgan fingerprint density at radius 3 is 2.86 bits per heavy atom. The minimum Gasteiger partial charge on any atom is -0.345 e.